The van der Waals surface area contributed by atoms with Crippen LogP contribution < -0.4 is 5.32 Å². The molecule has 0 aliphatic heterocycles. The van der Waals surface area contributed by atoms with Crippen molar-refractivity contribution in [3.63, 3.8) is 0 Å². The van der Waals surface area contributed by atoms with Gasteiger partial charge in [0.05, 0.1) is 5.41 Å². The lowest BCUT2D eigenvalue weighted by Gasteiger charge is -2.33. The van der Waals surface area contributed by atoms with Crippen molar-refractivity contribution in [2.75, 3.05) is 27.2 Å². The number of nitrogens with one attached hydrogen (secondary N) is 1. The lowest BCUT2D eigenvalue weighted by molar-refractivity contribution is -0.136. The van der Waals surface area contributed by atoms with Crippen LogP contribution in [0.4, 0.5) is 4.39 Å². The van der Waals surface area contributed by atoms with Gasteiger partial charge in [0.1, 0.15) is 5.82 Å². The van der Waals surface area contributed by atoms with Gasteiger partial charge < -0.3 is 10.2 Å². The van der Waals surface area contributed by atoms with Gasteiger partial charge in [0.15, 0.2) is 0 Å². The summed E-state index contributed by atoms with van der Waals surface area (Å²) in [6, 6.07) is 6.72. The van der Waals surface area contributed by atoms with Crippen molar-refractivity contribution in [1.29, 1.82) is 0 Å². The predicted molar refractivity (Wildman–Crippen MR) is 85.4 cm³/mol. The first kappa shape index (κ1) is 17.9. The molecular formula is C16H24ClFN2O. The summed E-state index contributed by atoms with van der Waals surface area (Å²) in [6.07, 6.45) is 3.47. The van der Waals surface area contributed by atoms with Crippen molar-refractivity contribution in [2.45, 2.75) is 31.1 Å². The van der Waals surface area contributed by atoms with Crippen LogP contribution in [0.15, 0.2) is 24.3 Å². The van der Waals surface area contributed by atoms with Gasteiger partial charge in [-0.3, -0.25) is 4.79 Å². The standard InChI is InChI=1S/C16H23FN2O.ClH/c1-18-11-12-19(2)15(20)16(9-5-6-10-16)13-7-3-4-8-14(13)17;/h3-4,7-8,18H,5-6,9-12H2,1-2H3;1H. The molecule has 0 aromatic heterocycles. The summed E-state index contributed by atoms with van der Waals surface area (Å²) in [6.45, 7) is 1.39. The Morgan fingerprint density at radius 1 is 1.33 bits per heavy atom. The van der Waals surface area contributed by atoms with E-state index < -0.39 is 5.41 Å². The molecule has 1 fully saturated rings. The lowest BCUT2D eigenvalue weighted by atomic mass is 9.77. The van der Waals surface area contributed by atoms with Crippen LogP contribution in [0, 0.1) is 5.82 Å². The van der Waals surface area contributed by atoms with Crippen LogP contribution in [-0.2, 0) is 10.2 Å². The highest BCUT2D eigenvalue weighted by molar-refractivity contribution is 5.88. The SMILES string of the molecule is CNCCN(C)C(=O)C1(c2ccccc2F)CCCC1.Cl. The second-order valence-corrected chi connectivity index (χ2v) is 5.60. The Morgan fingerprint density at radius 2 is 1.95 bits per heavy atom. The summed E-state index contributed by atoms with van der Waals surface area (Å²) in [4.78, 5) is 14.6. The van der Waals surface area contributed by atoms with Crippen molar-refractivity contribution in [3.05, 3.63) is 35.6 Å². The van der Waals surface area contributed by atoms with E-state index in [2.05, 4.69) is 5.32 Å². The first-order chi connectivity index (χ1) is 9.62. The second-order valence-electron chi connectivity index (χ2n) is 5.60. The molecule has 1 aromatic carbocycles. The van der Waals surface area contributed by atoms with Crippen LogP contribution in [0.5, 0.6) is 0 Å². The molecule has 1 aliphatic carbocycles. The molecule has 0 unspecified atom stereocenters. The molecular weight excluding hydrogens is 291 g/mol. The molecule has 0 spiro atoms. The fourth-order valence-electron chi connectivity index (χ4n) is 3.17. The number of hydrogen-bond acceptors (Lipinski definition) is 2. The third-order valence-corrected chi connectivity index (χ3v) is 4.30. The lowest BCUT2D eigenvalue weighted by Crippen LogP contribution is -2.46. The van der Waals surface area contributed by atoms with E-state index in [0.29, 0.717) is 12.1 Å². The Bertz CT molecular complexity index is 475. The molecule has 0 saturated heterocycles. The molecule has 1 aliphatic rings. The highest BCUT2D eigenvalue weighted by Crippen LogP contribution is 2.43. The van der Waals surface area contributed by atoms with Gasteiger partial charge in [-0.25, -0.2) is 4.39 Å². The van der Waals surface area contributed by atoms with E-state index in [-0.39, 0.29) is 24.1 Å². The highest BCUT2D eigenvalue weighted by atomic mass is 35.5. The minimum atomic E-state index is -0.659. The zero-order valence-electron chi connectivity index (χ0n) is 12.7. The van der Waals surface area contributed by atoms with Gasteiger partial charge in [-0.2, -0.15) is 0 Å². The molecule has 21 heavy (non-hydrogen) atoms. The Kier molecular flexibility index (Phi) is 6.62. The molecule has 3 nitrogen and oxygen atoms in total. The van der Waals surface area contributed by atoms with Crippen molar-refractivity contribution < 1.29 is 9.18 Å². The van der Waals surface area contributed by atoms with E-state index in [1.165, 1.54) is 6.07 Å². The normalized spacial score (nSPS) is 16.3. The molecule has 0 radical (unpaired) electrons. The fourth-order valence-corrected chi connectivity index (χ4v) is 3.17. The third-order valence-electron chi connectivity index (χ3n) is 4.30. The summed E-state index contributed by atoms with van der Waals surface area (Å²) in [7, 11) is 3.67. The molecule has 1 amide bonds. The molecule has 0 heterocycles. The van der Waals surface area contributed by atoms with E-state index in [9.17, 15) is 9.18 Å². The maximum Gasteiger partial charge on any atom is 0.233 e. The molecule has 0 bridgehead atoms. The van der Waals surface area contributed by atoms with E-state index in [1.54, 1.807) is 24.1 Å². The van der Waals surface area contributed by atoms with Crippen LogP contribution in [0.3, 0.4) is 0 Å². The van der Waals surface area contributed by atoms with E-state index in [0.717, 1.165) is 32.2 Å². The van der Waals surface area contributed by atoms with Gasteiger partial charge in [-0.1, -0.05) is 31.0 Å². The van der Waals surface area contributed by atoms with E-state index in [1.807, 2.05) is 13.1 Å². The minimum Gasteiger partial charge on any atom is -0.344 e. The topological polar surface area (TPSA) is 32.3 Å². The number of amides is 1. The Balaban J connectivity index is 0.00000220. The Morgan fingerprint density at radius 3 is 2.52 bits per heavy atom. The maximum atomic E-state index is 14.2. The average molecular weight is 315 g/mol. The monoisotopic (exact) mass is 314 g/mol. The molecule has 1 N–H and O–H groups in total. The van der Waals surface area contributed by atoms with Gasteiger partial charge in [0, 0.05) is 25.7 Å². The molecule has 2 rings (SSSR count). The zero-order valence-corrected chi connectivity index (χ0v) is 13.5. The van der Waals surface area contributed by atoms with Crippen molar-refractivity contribution in [2.24, 2.45) is 0 Å². The first-order valence-corrected chi connectivity index (χ1v) is 7.27. The van der Waals surface area contributed by atoms with Gasteiger partial charge >= 0.3 is 0 Å². The fraction of sp³-hybridized carbons (Fsp3) is 0.562. The van der Waals surface area contributed by atoms with Crippen molar-refractivity contribution in [3.8, 4) is 0 Å². The second kappa shape index (κ2) is 7.76. The summed E-state index contributed by atoms with van der Waals surface area (Å²) >= 11 is 0. The molecule has 5 heteroatoms. The van der Waals surface area contributed by atoms with Crippen LogP contribution in [0.2, 0.25) is 0 Å². The van der Waals surface area contributed by atoms with E-state index >= 15 is 0 Å². The largest absolute Gasteiger partial charge is 0.344 e. The van der Waals surface area contributed by atoms with Gasteiger partial charge in [0.2, 0.25) is 5.91 Å². The van der Waals surface area contributed by atoms with Crippen LogP contribution in [0.25, 0.3) is 0 Å². The van der Waals surface area contributed by atoms with Crippen molar-refractivity contribution >= 4 is 18.3 Å². The smallest absolute Gasteiger partial charge is 0.233 e. The van der Waals surface area contributed by atoms with Gasteiger partial charge in [0.25, 0.3) is 0 Å². The highest BCUT2D eigenvalue weighted by Gasteiger charge is 2.45. The molecule has 0 atom stereocenters. The van der Waals surface area contributed by atoms with Crippen LogP contribution in [0.1, 0.15) is 31.2 Å². The van der Waals surface area contributed by atoms with Crippen LogP contribution in [-0.4, -0.2) is 38.0 Å². The first-order valence-electron chi connectivity index (χ1n) is 7.27. The minimum absolute atomic E-state index is 0. The van der Waals surface area contributed by atoms with E-state index in [4.69, 9.17) is 0 Å². The number of rotatable bonds is 5. The Labute approximate surface area is 132 Å². The third kappa shape index (κ3) is 3.55. The molecule has 1 aromatic rings. The summed E-state index contributed by atoms with van der Waals surface area (Å²) in [5, 5.41) is 3.04. The molecule has 118 valence electrons. The zero-order chi connectivity index (χ0) is 14.6. The quantitative estimate of drug-likeness (QED) is 0.906. The number of nitrogens with zero attached hydrogens (tertiary/aromatic N) is 1. The number of likely N-dealkylation sites (N-methyl/N-ethyl adjacent to an activating group) is 2. The average Bonchev–Trinajstić information content (AvgIpc) is 2.95. The number of benzene rings is 1. The summed E-state index contributed by atoms with van der Waals surface area (Å²) in [5.74, 6) is -0.208. The number of carbonyl (C=O) groups excluding carboxylic acids is 1. The van der Waals surface area contributed by atoms with Gasteiger partial charge in [-0.15, -0.1) is 12.4 Å². The number of halogens is 2. The Hall–Kier alpha value is -1.13. The maximum absolute atomic E-state index is 14.2. The van der Waals surface area contributed by atoms with Gasteiger partial charge in [-0.05, 0) is 26.0 Å². The predicted octanol–water partition coefficient (Wildman–Crippen LogP) is 2.74. The molecule has 1 saturated carbocycles. The van der Waals surface area contributed by atoms with Crippen LogP contribution >= 0.6 is 12.4 Å². The summed E-state index contributed by atoms with van der Waals surface area (Å²) in [5.41, 5.74) is -0.0906. The summed E-state index contributed by atoms with van der Waals surface area (Å²) < 4.78 is 14.2. The number of carbonyl (C=O) groups is 1. The number of hydrogen-bond donors (Lipinski definition) is 1. The van der Waals surface area contributed by atoms with Crippen molar-refractivity contribution in [1.82, 2.24) is 10.2 Å².